The molecule has 2 aromatic carbocycles. The number of hydrogen-bond acceptors (Lipinski definition) is 2. The molecule has 4 heteroatoms. The largest absolute Gasteiger partial charge is 0.494 e. The normalized spacial score (nSPS) is 9.68. The fourth-order valence-electron chi connectivity index (χ4n) is 1.74. The Hall–Kier alpha value is -2.45. The van der Waals surface area contributed by atoms with Crippen molar-refractivity contribution in [2.75, 3.05) is 13.2 Å². The first-order valence-electron chi connectivity index (χ1n) is 6.19. The molecule has 0 aliphatic carbocycles. The van der Waals surface area contributed by atoms with E-state index in [0.29, 0.717) is 13.2 Å². The van der Waals surface area contributed by atoms with E-state index in [4.69, 9.17) is 10.3 Å². The fraction of sp³-hybridized carbons (Fsp3) is 0.200. The quantitative estimate of drug-likeness (QED) is 0.325. The van der Waals surface area contributed by atoms with Gasteiger partial charge in [-0.1, -0.05) is 47.6 Å². The maximum absolute atomic E-state index is 8.14. The third-order valence-electron chi connectivity index (χ3n) is 2.70. The molecule has 0 amide bonds. The Bertz CT molecular complexity index is 545. The molecule has 96 valence electrons. The Morgan fingerprint density at radius 1 is 0.947 bits per heavy atom. The molecule has 0 heterocycles. The standard InChI is InChI=1S/C15H15N3O/c16-18-17-11-4-12-19-15-9-7-14(8-10-15)13-5-2-1-3-6-13/h1-3,5-10H,4,11-12H2. The molecule has 0 aliphatic heterocycles. The lowest BCUT2D eigenvalue weighted by Crippen LogP contribution is -1.98. The molecule has 0 radical (unpaired) electrons. The van der Waals surface area contributed by atoms with Gasteiger partial charge in [-0.15, -0.1) is 0 Å². The van der Waals surface area contributed by atoms with Crippen LogP contribution in [-0.4, -0.2) is 13.2 Å². The Balaban J connectivity index is 1.90. The molecular weight excluding hydrogens is 238 g/mol. The fourth-order valence-corrected chi connectivity index (χ4v) is 1.74. The summed E-state index contributed by atoms with van der Waals surface area (Å²) in [7, 11) is 0. The third-order valence-corrected chi connectivity index (χ3v) is 2.70. The van der Waals surface area contributed by atoms with Crippen molar-refractivity contribution in [3.05, 3.63) is 65.0 Å². The molecule has 0 aromatic heterocycles. The molecule has 4 nitrogen and oxygen atoms in total. The van der Waals surface area contributed by atoms with Gasteiger partial charge in [-0.25, -0.2) is 0 Å². The summed E-state index contributed by atoms with van der Waals surface area (Å²) in [5, 5.41) is 3.46. The predicted octanol–water partition coefficient (Wildman–Crippen LogP) is 4.43. The van der Waals surface area contributed by atoms with Gasteiger partial charge in [0.15, 0.2) is 0 Å². The Kier molecular flexibility index (Phi) is 4.85. The Labute approximate surface area is 112 Å². The average molecular weight is 253 g/mol. The van der Waals surface area contributed by atoms with Crippen molar-refractivity contribution in [2.45, 2.75) is 6.42 Å². The molecule has 0 spiro atoms. The van der Waals surface area contributed by atoms with Crippen molar-refractivity contribution in [3.8, 4) is 16.9 Å². The van der Waals surface area contributed by atoms with Gasteiger partial charge in [-0.3, -0.25) is 0 Å². The first kappa shape index (κ1) is 13.0. The molecule has 0 saturated heterocycles. The highest BCUT2D eigenvalue weighted by Crippen LogP contribution is 2.21. The van der Waals surface area contributed by atoms with Gasteiger partial charge in [0, 0.05) is 11.5 Å². The van der Waals surface area contributed by atoms with Crippen molar-refractivity contribution in [3.63, 3.8) is 0 Å². The minimum Gasteiger partial charge on any atom is -0.494 e. The molecule has 2 aromatic rings. The minimum absolute atomic E-state index is 0.471. The Morgan fingerprint density at radius 3 is 2.32 bits per heavy atom. The summed E-state index contributed by atoms with van der Waals surface area (Å²) in [6.07, 6.45) is 0.727. The van der Waals surface area contributed by atoms with Crippen LogP contribution in [0.3, 0.4) is 0 Å². The van der Waals surface area contributed by atoms with E-state index < -0.39 is 0 Å². The highest BCUT2D eigenvalue weighted by molar-refractivity contribution is 5.63. The highest BCUT2D eigenvalue weighted by atomic mass is 16.5. The molecule has 0 unspecified atom stereocenters. The second-order valence-electron chi connectivity index (χ2n) is 4.05. The maximum atomic E-state index is 8.14. The minimum atomic E-state index is 0.471. The van der Waals surface area contributed by atoms with E-state index in [9.17, 15) is 0 Å². The molecule has 0 atom stereocenters. The summed E-state index contributed by atoms with van der Waals surface area (Å²) in [4.78, 5) is 2.69. The topological polar surface area (TPSA) is 58.0 Å². The zero-order valence-electron chi connectivity index (χ0n) is 10.6. The summed E-state index contributed by atoms with van der Waals surface area (Å²) in [6, 6.07) is 18.2. The van der Waals surface area contributed by atoms with Crippen molar-refractivity contribution in [2.24, 2.45) is 5.11 Å². The van der Waals surface area contributed by atoms with E-state index in [2.05, 4.69) is 22.2 Å². The SMILES string of the molecule is [N-]=[N+]=NCCCOc1ccc(-c2ccccc2)cc1. The van der Waals surface area contributed by atoms with Gasteiger partial charge in [0.1, 0.15) is 5.75 Å². The van der Waals surface area contributed by atoms with E-state index in [1.165, 1.54) is 11.1 Å². The van der Waals surface area contributed by atoms with Gasteiger partial charge in [-0.2, -0.15) is 0 Å². The lowest BCUT2D eigenvalue weighted by molar-refractivity contribution is 0.313. The van der Waals surface area contributed by atoms with Crippen molar-refractivity contribution >= 4 is 0 Å². The van der Waals surface area contributed by atoms with Crippen LogP contribution in [0.25, 0.3) is 21.6 Å². The number of rotatable bonds is 6. The van der Waals surface area contributed by atoms with E-state index in [0.717, 1.165) is 12.2 Å². The third kappa shape index (κ3) is 4.05. The van der Waals surface area contributed by atoms with Gasteiger partial charge in [0.05, 0.1) is 6.61 Å². The molecule has 0 saturated carbocycles. The van der Waals surface area contributed by atoms with Crippen LogP contribution in [0.2, 0.25) is 0 Å². The first-order valence-corrected chi connectivity index (χ1v) is 6.19. The van der Waals surface area contributed by atoms with Crippen LogP contribution in [-0.2, 0) is 0 Å². The molecule has 0 fully saturated rings. The lowest BCUT2D eigenvalue weighted by atomic mass is 10.1. The second-order valence-corrected chi connectivity index (χ2v) is 4.05. The van der Waals surface area contributed by atoms with Crippen molar-refractivity contribution in [1.29, 1.82) is 0 Å². The van der Waals surface area contributed by atoms with Crippen LogP contribution >= 0.6 is 0 Å². The van der Waals surface area contributed by atoms with Gasteiger partial charge >= 0.3 is 0 Å². The summed E-state index contributed by atoms with van der Waals surface area (Å²) in [6.45, 7) is 1.03. The molecular formula is C15H15N3O. The van der Waals surface area contributed by atoms with E-state index >= 15 is 0 Å². The van der Waals surface area contributed by atoms with Gasteiger partial charge < -0.3 is 4.74 Å². The number of azide groups is 1. The molecule has 2 rings (SSSR count). The summed E-state index contributed by atoms with van der Waals surface area (Å²) in [5.74, 6) is 0.834. The van der Waals surface area contributed by atoms with Crippen LogP contribution < -0.4 is 4.74 Å². The van der Waals surface area contributed by atoms with Gasteiger partial charge in [-0.05, 0) is 35.2 Å². The van der Waals surface area contributed by atoms with Crippen LogP contribution in [0.4, 0.5) is 0 Å². The molecule has 0 N–H and O–H groups in total. The lowest BCUT2D eigenvalue weighted by Gasteiger charge is -2.06. The second kappa shape index (κ2) is 7.09. The zero-order valence-corrected chi connectivity index (χ0v) is 10.6. The maximum Gasteiger partial charge on any atom is 0.119 e. The average Bonchev–Trinajstić information content (AvgIpc) is 2.49. The van der Waals surface area contributed by atoms with E-state index in [1.807, 2.05) is 42.5 Å². The monoisotopic (exact) mass is 253 g/mol. The highest BCUT2D eigenvalue weighted by Gasteiger charge is 1.97. The van der Waals surface area contributed by atoms with Crippen LogP contribution in [0.15, 0.2) is 59.7 Å². The van der Waals surface area contributed by atoms with Crippen LogP contribution in [0.1, 0.15) is 6.42 Å². The van der Waals surface area contributed by atoms with Gasteiger partial charge in [0.25, 0.3) is 0 Å². The number of ether oxygens (including phenoxy) is 1. The molecule has 19 heavy (non-hydrogen) atoms. The number of nitrogens with zero attached hydrogens (tertiary/aromatic N) is 3. The van der Waals surface area contributed by atoms with Gasteiger partial charge in [0.2, 0.25) is 0 Å². The van der Waals surface area contributed by atoms with E-state index in [1.54, 1.807) is 0 Å². The zero-order chi connectivity index (χ0) is 13.3. The summed E-state index contributed by atoms with van der Waals surface area (Å²) < 4.78 is 5.56. The summed E-state index contributed by atoms with van der Waals surface area (Å²) in [5.41, 5.74) is 10.5. The van der Waals surface area contributed by atoms with E-state index in [-0.39, 0.29) is 0 Å². The van der Waals surface area contributed by atoms with Crippen molar-refractivity contribution < 1.29 is 4.74 Å². The first-order chi connectivity index (χ1) is 9.40. The molecule has 0 bridgehead atoms. The molecule has 0 aliphatic rings. The number of benzene rings is 2. The summed E-state index contributed by atoms with van der Waals surface area (Å²) >= 11 is 0. The van der Waals surface area contributed by atoms with Crippen LogP contribution in [0.5, 0.6) is 5.75 Å². The van der Waals surface area contributed by atoms with Crippen LogP contribution in [0, 0.1) is 0 Å². The van der Waals surface area contributed by atoms with Crippen molar-refractivity contribution in [1.82, 2.24) is 0 Å². The number of hydrogen-bond donors (Lipinski definition) is 0. The Morgan fingerprint density at radius 2 is 1.63 bits per heavy atom. The smallest absolute Gasteiger partial charge is 0.119 e. The predicted molar refractivity (Wildman–Crippen MR) is 76.0 cm³/mol.